The Morgan fingerprint density at radius 3 is 2.52 bits per heavy atom. The first-order valence-corrected chi connectivity index (χ1v) is 15.8. The minimum absolute atomic E-state index is 0.334. The van der Waals surface area contributed by atoms with Gasteiger partial charge in [0.15, 0.2) is 5.65 Å². The van der Waals surface area contributed by atoms with Crippen molar-refractivity contribution in [2.24, 2.45) is 0 Å². The number of pyridine rings is 1. The predicted molar refractivity (Wildman–Crippen MR) is 167 cm³/mol. The summed E-state index contributed by atoms with van der Waals surface area (Å²) in [4.78, 5) is 16.8. The van der Waals surface area contributed by atoms with E-state index in [9.17, 15) is 0 Å². The van der Waals surface area contributed by atoms with Crippen LogP contribution in [0.1, 0.15) is 38.2 Å². The Balaban J connectivity index is 0.00000118. The molecule has 1 aliphatic heterocycles. The fraction of sp³-hybridized carbons (Fsp3) is 0.467. The van der Waals surface area contributed by atoms with Gasteiger partial charge in [-0.05, 0) is 62.6 Å². The number of anilines is 2. The number of rotatable bonds is 12. The molecule has 0 unspecified atom stereocenters. The van der Waals surface area contributed by atoms with Gasteiger partial charge in [-0.2, -0.15) is 21.8 Å². The Morgan fingerprint density at radius 1 is 0.950 bits per heavy atom. The van der Waals surface area contributed by atoms with Crippen molar-refractivity contribution >= 4 is 34.6 Å². The molecule has 0 atom stereocenters. The van der Waals surface area contributed by atoms with Crippen LogP contribution in [-0.4, -0.2) is 74.9 Å². The number of hydrogen-bond donors (Lipinski definition) is 2. The van der Waals surface area contributed by atoms with Gasteiger partial charge >= 0.3 is 0 Å². The molecule has 5 rings (SSSR count). The van der Waals surface area contributed by atoms with Crippen LogP contribution in [0.3, 0.4) is 0 Å². The van der Waals surface area contributed by atoms with E-state index in [0.717, 1.165) is 47.7 Å². The van der Waals surface area contributed by atoms with Crippen molar-refractivity contribution in [3.8, 4) is 11.4 Å². The molecular weight excluding hydrogens is 520 g/mol. The van der Waals surface area contributed by atoms with E-state index < -0.39 is 0 Å². The molecule has 1 aromatic carbocycles. The van der Waals surface area contributed by atoms with Gasteiger partial charge in [0.05, 0.1) is 11.1 Å². The largest absolute Gasteiger partial charge is 0.366 e. The van der Waals surface area contributed by atoms with Gasteiger partial charge < -0.3 is 20.3 Å². The summed E-state index contributed by atoms with van der Waals surface area (Å²) in [6.07, 6.45) is 10.8. The molecule has 9 nitrogen and oxygen atoms in total. The van der Waals surface area contributed by atoms with Crippen molar-refractivity contribution in [3.05, 3.63) is 60.3 Å². The zero-order valence-corrected chi connectivity index (χ0v) is 24.8. The Bertz CT molecular complexity index is 1290. The van der Waals surface area contributed by atoms with Crippen molar-refractivity contribution in [2.75, 3.05) is 55.9 Å². The smallest absolute Gasteiger partial charge is 0.224 e. The molecule has 0 bridgehead atoms. The van der Waals surface area contributed by atoms with Crippen molar-refractivity contribution in [1.29, 1.82) is 0 Å². The molecule has 4 aromatic rings. The molecule has 40 heavy (non-hydrogen) atoms. The fourth-order valence-electron chi connectivity index (χ4n) is 4.58. The zero-order chi connectivity index (χ0) is 28.0. The first-order chi connectivity index (χ1) is 19.7. The molecule has 1 saturated heterocycles. The normalized spacial score (nSPS) is 13.6. The van der Waals surface area contributed by atoms with E-state index in [1.54, 1.807) is 11.8 Å². The van der Waals surface area contributed by atoms with Crippen LogP contribution in [0, 0.1) is 0 Å². The highest BCUT2D eigenvalue weighted by molar-refractivity contribution is 7.97. The van der Waals surface area contributed by atoms with Gasteiger partial charge in [-0.1, -0.05) is 49.7 Å². The predicted octanol–water partition coefficient (Wildman–Crippen LogP) is 5.76. The number of aromatic nitrogens is 5. The fourth-order valence-corrected chi connectivity index (χ4v) is 4.58. The van der Waals surface area contributed by atoms with Crippen molar-refractivity contribution in [3.63, 3.8) is 0 Å². The molecule has 0 saturated carbocycles. The lowest BCUT2D eigenvalue weighted by Crippen LogP contribution is -2.33. The molecule has 3 aromatic heterocycles. The Morgan fingerprint density at radius 2 is 1.75 bits per heavy atom. The summed E-state index contributed by atoms with van der Waals surface area (Å²) in [6, 6.07) is 16.2. The van der Waals surface area contributed by atoms with Gasteiger partial charge in [-0.15, -0.1) is 0 Å². The third-order valence-corrected chi connectivity index (χ3v) is 6.52. The first kappa shape index (κ1) is 29.8. The van der Waals surface area contributed by atoms with E-state index in [1.165, 1.54) is 37.9 Å². The third kappa shape index (κ3) is 8.64. The Kier molecular flexibility index (Phi) is 12.0. The Hall–Kier alpha value is -3.21. The number of benzene rings is 1. The van der Waals surface area contributed by atoms with Gasteiger partial charge in [0.1, 0.15) is 18.2 Å². The number of ether oxygens (including phenoxy) is 1. The summed E-state index contributed by atoms with van der Waals surface area (Å²) >= 11 is 1.75. The Labute approximate surface area is 242 Å². The van der Waals surface area contributed by atoms with Gasteiger partial charge in [0.2, 0.25) is 5.95 Å². The molecule has 214 valence electrons. The van der Waals surface area contributed by atoms with Gasteiger partial charge in [-0.3, -0.25) is 0 Å². The van der Waals surface area contributed by atoms with Crippen molar-refractivity contribution in [1.82, 2.24) is 29.6 Å². The van der Waals surface area contributed by atoms with Crippen LogP contribution in [0.15, 0.2) is 54.7 Å². The van der Waals surface area contributed by atoms with Crippen LogP contribution < -0.4 is 10.6 Å². The number of thioether (sulfide) groups is 1. The maximum Gasteiger partial charge on any atom is 0.224 e. The van der Waals surface area contributed by atoms with Crippen LogP contribution >= 0.6 is 11.8 Å². The molecule has 10 heteroatoms. The summed E-state index contributed by atoms with van der Waals surface area (Å²) in [5.41, 5.74) is 3.46. The number of nitrogens with zero attached hydrogens (tertiary/aromatic N) is 6. The number of piperidine rings is 1. The topological polar surface area (TPSA) is 93.0 Å². The highest BCUT2D eigenvalue weighted by Crippen LogP contribution is 2.27. The van der Waals surface area contributed by atoms with Crippen LogP contribution in [0.5, 0.6) is 0 Å². The highest BCUT2D eigenvalue weighted by atomic mass is 32.2. The SMILES string of the molecule is CCCOCn1nc(-c2cccc(NCc3ccccc3)n2)c2cnc(NCCN3CCCCC3)nc21.CSC. The first-order valence-electron chi connectivity index (χ1n) is 14.1. The van der Waals surface area contributed by atoms with E-state index in [0.29, 0.717) is 25.8 Å². The summed E-state index contributed by atoms with van der Waals surface area (Å²) in [6.45, 7) is 7.97. The average molecular weight is 563 g/mol. The number of fused-ring (bicyclic) bond motifs is 1. The second kappa shape index (κ2) is 16.2. The van der Waals surface area contributed by atoms with Crippen LogP contribution in [0.2, 0.25) is 0 Å². The lowest BCUT2D eigenvalue weighted by Gasteiger charge is -2.26. The molecule has 1 aliphatic rings. The van der Waals surface area contributed by atoms with Crippen LogP contribution in [-0.2, 0) is 18.0 Å². The number of hydrogen-bond acceptors (Lipinski definition) is 9. The quantitative estimate of drug-likeness (QED) is 0.209. The molecule has 1 fully saturated rings. The maximum absolute atomic E-state index is 5.82. The van der Waals surface area contributed by atoms with Crippen molar-refractivity contribution < 1.29 is 4.74 Å². The monoisotopic (exact) mass is 562 g/mol. The average Bonchev–Trinajstić information content (AvgIpc) is 3.36. The van der Waals surface area contributed by atoms with Crippen LogP contribution in [0.25, 0.3) is 22.4 Å². The van der Waals surface area contributed by atoms with E-state index >= 15 is 0 Å². The lowest BCUT2D eigenvalue weighted by atomic mass is 10.1. The van der Waals surface area contributed by atoms with Gasteiger partial charge in [0.25, 0.3) is 0 Å². The molecule has 0 spiro atoms. The summed E-state index contributed by atoms with van der Waals surface area (Å²) in [7, 11) is 0. The molecule has 4 heterocycles. The minimum atomic E-state index is 0.334. The van der Waals surface area contributed by atoms with E-state index in [2.05, 4.69) is 39.6 Å². The molecule has 0 aliphatic carbocycles. The number of likely N-dealkylation sites (tertiary alicyclic amines) is 1. The lowest BCUT2D eigenvalue weighted by molar-refractivity contribution is 0.0721. The zero-order valence-electron chi connectivity index (χ0n) is 24.0. The van der Waals surface area contributed by atoms with Crippen molar-refractivity contribution in [2.45, 2.75) is 45.9 Å². The summed E-state index contributed by atoms with van der Waals surface area (Å²) in [5, 5.41) is 12.5. The molecule has 0 amide bonds. The molecule has 2 N–H and O–H groups in total. The summed E-state index contributed by atoms with van der Waals surface area (Å²) in [5.74, 6) is 1.40. The second-order valence-corrected chi connectivity index (χ2v) is 10.6. The van der Waals surface area contributed by atoms with E-state index in [4.69, 9.17) is 19.8 Å². The molecule has 0 radical (unpaired) electrons. The van der Waals surface area contributed by atoms with Gasteiger partial charge in [0, 0.05) is 32.4 Å². The minimum Gasteiger partial charge on any atom is -0.366 e. The second-order valence-electron chi connectivity index (χ2n) is 9.80. The van der Waals surface area contributed by atoms with E-state index in [-0.39, 0.29) is 0 Å². The van der Waals surface area contributed by atoms with Crippen LogP contribution in [0.4, 0.5) is 11.8 Å². The highest BCUT2D eigenvalue weighted by Gasteiger charge is 2.17. The van der Waals surface area contributed by atoms with Gasteiger partial charge in [-0.25, -0.2) is 14.6 Å². The molecular formula is C30H42N8OS. The van der Waals surface area contributed by atoms with E-state index in [1.807, 2.05) is 59.8 Å². The standard InChI is InChI=1S/C28H36N8O.C2H6S/c1-2-18-37-21-36-27-23(20-31-28(33-27)29-14-17-35-15-7-4-8-16-35)26(34-36)24-12-9-13-25(32-24)30-19-22-10-5-3-6-11-22;1-3-2/h3,5-6,9-13,20H,2,4,7-8,14-19,21H2,1H3,(H,30,32)(H,29,31,33);1-2H3. The number of nitrogens with one attached hydrogen (secondary N) is 2. The third-order valence-electron chi connectivity index (χ3n) is 6.52. The summed E-state index contributed by atoms with van der Waals surface area (Å²) < 4.78 is 7.63. The maximum atomic E-state index is 5.82.